The first-order valence-electron chi connectivity index (χ1n) is 9.34. The predicted octanol–water partition coefficient (Wildman–Crippen LogP) is 3.40. The zero-order valence-corrected chi connectivity index (χ0v) is 15.3. The molecule has 0 amide bonds. The van der Waals surface area contributed by atoms with Gasteiger partial charge >= 0.3 is 0 Å². The Balaban J connectivity index is 1.53. The molecule has 0 radical (unpaired) electrons. The Morgan fingerprint density at radius 2 is 2.28 bits per heavy atom. The van der Waals surface area contributed by atoms with Gasteiger partial charge in [-0.15, -0.1) is 0 Å². The van der Waals surface area contributed by atoms with Crippen molar-refractivity contribution in [3.63, 3.8) is 0 Å². The summed E-state index contributed by atoms with van der Waals surface area (Å²) in [6.07, 6.45) is 6.75. The molecular formula is C20H27N3O2. The van der Waals surface area contributed by atoms with E-state index in [-0.39, 0.29) is 6.10 Å². The van der Waals surface area contributed by atoms with Gasteiger partial charge in [0.05, 0.1) is 13.3 Å². The van der Waals surface area contributed by atoms with Gasteiger partial charge in [-0.1, -0.05) is 0 Å². The number of rotatable bonds is 5. The van der Waals surface area contributed by atoms with Gasteiger partial charge in [0, 0.05) is 47.9 Å². The monoisotopic (exact) mass is 341 g/mol. The molecule has 2 aromatic rings. The topological polar surface area (TPSA) is 48.3 Å². The molecule has 0 fully saturated rings. The van der Waals surface area contributed by atoms with Gasteiger partial charge in [-0.25, -0.2) is 0 Å². The molecule has 0 unspecified atom stereocenters. The van der Waals surface area contributed by atoms with Crippen molar-refractivity contribution in [2.24, 2.45) is 0 Å². The van der Waals surface area contributed by atoms with E-state index in [1.807, 2.05) is 6.20 Å². The molecule has 4 rings (SSSR count). The summed E-state index contributed by atoms with van der Waals surface area (Å²) < 4.78 is 13.7. The zero-order valence-electron chi connectivity index (χ0n) is 15.3. The van der Waals surface area contributed by atoms with Crippen molar-refractivity contribution >= 4 is 0 Å². The van der Waals surface area contributed by atoms with Crippen molar-refractivity contribution in [1.29, 1.82) is 0 Å². The molecule has 0 saturated carbocycles. The van der Waals surface area contributed by atoms with Crippen LogP contribution >= 0.6 is 0 Å². The molecular weight excluding hydrogens is 314 g/mol. The van der Waals surface area contributed by atoms with E-state index in [4.69, 9.17) is 9.47 Å². The summed E-state index contributed by atoms with van der Waals surface area (Å²) >= 11 is 0. The van der Waals surface area contributed by atoms with E-state index in [1.54, 1.807) is 7.11 Å². The van der Waals surface area contributed by atoms with Crippen LogP contribution in [0.15, 0.2) is 18.3 Å². The minimum absolute atomic E-state index is 0.253. The number of methoxy groups -OCH3 is 1. The third kappa shape index (κ3) is 3.01. The van der Waals surface area contributed by atoms with Crippen LogP contribution in [0.1, 0.15) is 55.1 Å². The molecule has 0 bridgehead atoms. The molecule has 1 aliphatic carbocycles. The van der Waals surface area contributed by atoms with Crippen LogP contribution < -0.4 is 14.8 Å². The molecule has 1 N–H and O–H groups in total. The van der Waals surface area contributed by atoms with E-state index in [9.17, 15) is 0 Å². The fourth-order valence-electron chi connectivity index (χ4n) is 4.15. The average molecular weight is 341 g/mol. The maximum absolute atomic E-state index is 5.92. The summed E-state index contributed by atoms with van der Waals surface area (Å²) in [5.41, 5.74) is 5.16. The molecule has 2 atom stereocenters. The Kier molecular flexibility index (Phi) is 4.42. The minimum atomic E-state index is 0.253. The lowest BCUT2D eigenvalue weighted by Crippen LogP contribution is -2.25. The van der Waals surface area contributed by atoms with Crippen LogP contribution in [-0.4, -0.2) is 23.0 Å². The van der Waals surface area contributed by atoms with Crippen molar-refractivity contribution in [2.45, 2.75) is 64.8 Å². The molecule has 5 heteroatoms. The van der Waals surface area contributed by atoms with Gasteiger partial charge in [-0.2, -0.15) is 5.10 Å². The summed E-state index contributed by atoms with van der Waals surface area (Å²) in [4.78, 5) is 0. The first kappa shape index (κ1) is 16.5. The Morgan fingerprint density at radius 3 is 3.08 bits per heavy atom. The second-order valence-electron chi connectivity index (χ2n) is 7.09. The number of benzene rings is 1. The number of aryl methyl sites for hydroxylation is 1. The van der Waals surface area contributed by atoms with E-state index >= 15 is 0 Å². The van der Waals surface area contributed by atoms with Crippen molar-refractivity contribution < 1.29 is 9.47 Å². The largest absolute Gasteiger partial charge is 0.496 e. The second kappa shape index (κ2) is 6.71. The highest BCUT2D eigenvalue weighted by Crippen LogP contribution is 2.36. The van der Waals surface area contributed by atoms with Gasteiger partial charge < -0.3 is 14.8 Å². The van der Waals surface area contributed by atoms with Crippen molar-refractivity contribution in [1.82, 2.24) is 15.1 Å². The van der Waals surface area contributed by atoms with Crippen LogP contribution in [0.2, 0.25) is 0 Å². The Morgan fingerprint density at radius 1 is 1.40 bits per heavy atom. The summed E-state index contributed by atoms with van der Waals surface area (Å²) in [5, 5.41) is 8.26. The molecule has 2 aliphatic rings. The normalized spacial score (nSPS) is 21.6. The van der Waals surface area contributed by atoms with Gasteiger partial charge in [0.15, 0.2) is 0 Å². The number of hydrogen-bond acceptors (Lipinski definition) is 4. The number of nitrogens with zero attached hydrogens (tertiary/aromatic N) is 2. The number of hydrogen-bond donors (Lipinski definition) is 1. The van der Waals surface area contributed by atoms with E-state index < -0.39 is 0 Å². The molecule has 2 heterocycles. The van der Waals surface area contributed by atoms with Gasteiger partial charge in [-0.3, -0.25) is 4.68 Å². The lowest BCUT2D eigenvalue weighted by atomic mass is 9.92. The maximum Gasteiger partial charge on any atom is 0.123 e. The van der Waals surface area contributed by atoms with Crippen LogP contribution in [0, 0.1) is 0 Å². The smallest absolute Gasteiger partial charge is 0.123 e. The van der Waals surface area contributed by atoms with Crippen molar-refractivity contribution in [2.75, 3.05) is 7.11 Å². The van der Waals surface area contributed by atoms with Gasteiger partial charge in [-0.05, 0) is 45.2 Å². The highest BCUT2D eigenvalue weighted by Gasteiger charge is 2.25. The summed E-state index contributed by atoms with van der Waals surface area (Å²) in [7, 11) is 1.74. The van der Waals surface area contributed by atoms with Crippen LogP contribution in [0.25, 0.3) is 0 Å². The second-order valence-corrected chi connectivity index (χ2v) is 7.09. The molecule has 5 nitrogen and oxygen atoms in total. The fraction of sp³-hybridized carbons (Fsp3) is 0.550. The Bertz CT molecular complexity index is 769. The van der Waals surface area contributed by atoms with Crippen molar-refractivity contribution in [3.05, 3.63) is 40.7 Å². The third-order valence-electron chi connectivity index (χ3n) is 5.40. The highest BCUT2D eigenvalue weighted by molar-refractivity contribution is 5.48. The van der Waals surface area contributed by atoms with Gasteiger partial charge in [0.2, 0.25) is 0 Å². The summed E-state index contributed by atoms with van der Waals surface area (Å²) in [5.74, 6) is 1.96. The number of ether oxygens (including phenoxy) is 2. The van der Waals surface area contributed by atoms with Crippen molar-refractivity contribution in [3.8, 4) is 11.5 Å². The van der Waals surface area contributed by atoms with Crippen LogP contribution in [0.3, 0.4) is 0 Å². The zero-order chi connectivity index (χ0) is 17.4. The molecule has 1 aromatic carbocycles. The minimum Gasteiger partial charge on any atom is -0.496 e. The van der Waals surface area contributed by atoms with Gasteiger partial charge in [0.25, 0.3) is 0 Å². The number of aromatic nitrogens is 2. The van der Waals surface area contributed by atoms with Gasteiger partial charge in [0.1, 0.15) is 17.6 Å². The van der Waals surface area contributed by atoms with E-state index in [0.717, 1.165) is 49.4 Å². The summed E-state index contributed by atoms with van der Waals surface area (Å²) in [6.45, 7) is 5.98. The predicted molar refractivity (Wildman–Crippen MR) is 97.2 cm³/mol. The number of fused-ring (bicyclic) bond motifs is 2. The quantitative estimate of drug-likeness (QED) is 0.905. The number of nitrogens with one attached hydrogen (secondary N) is 1. The molecule has 0 spiro atoms. The first-order chi connectivity index (χ1) is 12.2. The lowest BCUT2D eigenvalue weighted by Gasteiger charge is -2.24. The van der Waals surface area contributed by atoms with Crippen LogP contribution in [0.5, 0.6) is 11.5 Å². The van der Waals surface area contributed by atoms with E-state index in [2.05, 4.69) is 41.1 Å². The lowest BCUT2D eigenvalue weighted by molar-refractivity contribution is 0.254. The third-order valence-corrected chi connectivity index (χ3v) is 5.40. The molecule has 25 heavy (non-hydrogen) atoms. The molecule has 1 aliphatic heterocycles. The standard InChI is InChI=1S/C20H27N3O2/c1-4-23-18-7-5-6-17(16(18)12-22-23)21-11-15-10-20-14(8-13(2)25-20)9-19(15)24-3/h9-10,12-13,17,21H,4-8,11H2,1-3H3/t13-,17+/m1/s1. The maximum atomic E-state index is 5.92. The molecule has 134 valence electrons. The molecule has 1 aromatic heterocycles. The highest BCUT2D eigenvalue weighted by atomic mass is 16.5. The van der Waals surface area contributed by atoms with Crippen LogP contribution in [-0.2, 0) is 25.9 Å². The first-order valence-corrected chi connectivity index (χ1v) is 9.34. The molecule has 0 saturated heterocycles. The SMILES string of the molecule is CCn1ncc2c1CCC[C@@H]2NCc1cc2c(cc1OC)C[C@@H](C)O2. The Hall–Kier alpha value is -2.01. The summed E-state index contributed by atoms with van der Waals surface area (Å²) in [6, 6.07) is 4.64. The average Bonchev–Trinajstić information content (AvgIpc) is 3.20. The fourth-order valence-corrected chi connectivity index (χ4v) is 4.15. The van der Waals surface area contributed by atoms with Crippen LogP contribution in [0.4, 0.5) is 0 Å². The van der Waals surface area contributed by atoms with E-state index in [1.165, 1.54) is 23.2 Å². The Labute approximate surface area is 149 Å². The van der Waals surface area contributed by atoms with E-state index in [0.29, 0.717) is 6.04 Å².